The number of hydrogen-bond acceptors (Lipinski definition) is 4. The van der Waals surface area contributed by atoms with Gasteiger partial charge in [-0.1, -0.05) is 40.7 Å². The van der Waals surface area contributed by atoms with Crippen molar-refractivity contribution in [3.05, 3.63) is 12.2 Å². The minimum Gasteiger partial charge on any atom is -0.458 e. The molecule has 0 aliphatic carbocycles. The Labute approximate surface area is 128 Å². The summed E-state index contributed by atoms with van der Waals surface area (Å²) in [6.45, 7) is 10.6. The van der Waals surface area contributed by atoms with Gasteiger partial charge in [-0.25, -0.2) is 4.79 Å². The van der Waals surface area contributed by atoms with Gasteiger partial charge in [-0.05, 0) is 5.92 Å². The van der Waals surface area contributed by atoms with Crippen molar-refractivity contribution in [3.63, 3.8) is 0 Å². The Morgan fingerprint density at radius 1 is 1.24 bits per heavy atom. The fourth-order valence-corrected chi connectivity index (χ4v) is 3.62. The molecule has 0 radical (unpaired) electrons. The molecule has 21 heavy (non-hydrogen) atoms. The van der Waals surface area contributed by atoms with Crippen molar-refractivity contribution in [2.45, 2.75) is 59.4 Å². The molecule has 0 aromatic rings. The van der Waals surface area contributed by atoms with E-state index in [0.29, 0.717) is 5.92 Å². The summed E-state index contributed by atoms with van der Waals surface area (Å²) >= 11 is 0. The lowest BCUT2D eigenvalue weighted by Gasteiger charge is -2.44. The molecule has 4 atom stereocenters. The van der Waals surface area contributed by atoms with Gasteiger partial charge in [0.05, 0.1) is 12.2 Å². The molecule has 4 nitrogen and oxygen atoms in total. The highest BCUT2D eigenvalue weighted by Gasteiger charge is 2.45. The largest absolute Gasteiger partial charge is 0.458 e. The molecule has 0 aromatic heterocycles. The van der Waals surface area contributed by atoms with Gasteiger partial charge in [-0.2, -0.15) is 0 Å². The predicted molar refractivity (Wildman–Crippen MR) is 83.0 cm³/mol. The molecule has 0 amide bonds. The standard InChI is InChI=1S/C17H30O4/c1-11(2)15(19-6)12(3)16(20-7)17(4,5)13-9-8-10-14(18)21-13/h8,10-13,15-16H,9H2,1-7H3/t12-,13-,15+,16+/m0/s1. The minimum atomic E-state index is -0.291. The first-order valence-electron chi connectivity index (χ1n) is 7.68. The maximum absolute atomic E-state index is 11.5. The number of carbonyl (C=O) groups excluding carboxylic acids is 1. The Morgan fingerprint density at radius 3 is 2.29 bits per heavy atom. The third-order valence-corrected chi connectivity index (χ3v) is 4.60. The van der Waals surface area contributed by atoms with Gasteiger partial charge in [0.2, 0.25) is 0 Å². The number of cyclic esters (lactones) is 1. The van der Waals surface area contributed by atoms with Crippen molar-refractivity contribution in [2.75, 3.05) is 14.2 Å². The van der Waals surface area contributed by atoms with Crippen LogP contribution in [0.15, 0.2) is 12.2 Å². The minimum absolute atomic E-state index is 0.0610. The molecule has 0 bridgehead atoms. The van der Waals surface area contributed by atoms with Crippen molar-refractivity contribution in [1.29, 1.82) is 0 Å². The van der Waals surface area contributed by atoms with Crippen LogP contribution in [-0.2, 0) is 19.0 Å². The molecular formula is C17H30O4. The smallest absolute Gasteiger partial charge is 0.330 e. The molecule has 1 aliphatic rings. The first kappa shape index (κ1) is 18.2. The van der Waals surface area contributed by atoms with E-state index in [4.69, 9.17) is 14.2 Å². The monoisotopic (exact) mass is 298 g/mol. The Morgan fingerprint density at radius 2 is 1.86 bits per heavy atom. The number of ether oxygens (including phenoxy) is 3. The lowest BCUT2D eigenvalue weighted by molar-refractivity contribution is -0.166. The molecule has 4 heteroatoms. The maximum atomic E-state index is 11.5. The summed E-state index contributed by atoms with van der Waals surface area (Å²) in [6.07, 6.45) is 3.96. The van der Waals surface area contributed by atoms with Crippen LogP contribution in [0.2, 0.25) is 0 Å². The summed E-state index contributed by atoms with van der Waals surface area (Å²) in [5, 5.41) is 0. The summed E-state index contributed by atoms with van der Waals surface area (Å²) in [6, 6.07) is 0. The third-order valence-electron chi connectivity index (χ3n) is 4.60. The number of methoxy groups -OCH3 is 2. The second kappa shape index (κ2) is 7.41. The van der Waals surface area contributed by atoms with E-state index in [9.17, 15) is 4.79 Å². The Balaban J connectivity index is 2.95. The molecule has 0 saturated carbocycles. The van der Waals surface area contributed by atoms with E-state index in [1.807, 2.05) is 6.08 Å². The molecule has 1 rings (SSSR count). The summed E-state index contributed by atoms with van der Waals surface area (Å²) in [4.78, 5) is 11.5. The number of rotatable bonds is 7. The number of carbonyl (C=O) groups is 1. The summed E-state index contributed by atoms with van der Waals surface area (Å²) in [5.41, 5.74) is -0.291. The van der Waals surface area contributed by atoms with Gasteiger partial charge in [0.1, 0.15) is 6.10 Å². The van der Waals surface area contributed by atoms with Crippen LogP contribution in [0.3, 0.4) is 0 Å². The molecule has 1 heterocycles. The second-order valence-electron chi connectivity index (χ2n) is 6.84. The van der Waals surface area contributed by atoms with Gasteiger partial charge in [-0.3, -0.25) is 0 Å². The van der Waals surface area contributed by atoms with Crippen LogP contribution in [-0.4, -0.2) is 38.5 Å². The zero-order chi connectivity index (χ0) is 16.2. The quantitative estimate of drug-likeness (QED) is 0.677. The summed E-state index contributed by atoms with van der Waals surface area (Å²) in [5.74, 6) is 0.320. The molecule has 0 unspecified atom stereocenters. The van der Waals surface area contributed by atoms with Crippen LogP contribution in [0.5, 0.6) is 0 Å². The third kappa shape index (κ3) is 4.07. The Kier molecular flexibility index (Phi) is 6.41. The van der Waals surface area contributed by atoms with Crippen molar-refractivity contribution in [1.82, 2.24) is 0 Å². The average molecular weight is 298 g/mol. The Hall–Kier alpha value is -0.870. The highest BCUT2D eigenvalue weighted by atomic mass is 16.5. The first-order chi connectivity index (χ1) is 9.75. The highest BCUT2D eigenvalue weighted by molar-refractivity contribution is 5.82. The van der Waals surface area contributed by atoms with Crippen LogP contribution in [0.1, 0.15) is 41.0 Å². The predicted octanol–water partition coefficient (Wildman–Crippen LogP) is 3.21. The van der Waals surface area contributed by atoms with Crippen LogP contribution in [0, 0.1) is 17.3 Å². The SMILES string of the molecule is CO[C@H](C(C)C)[C@H](C)[C@@H](OC)C(C)(C)[C@@H]1CC=CC(=O)O1. The maximum Gasteiger partial charge on any atom is 0.330 e. The highest BCUT2D eigenvalue weighted by Crippen LogP contribution is 2.39. The fourth-order valence-electron chi connectivity index (χ4n) is 3.62. The summed E-state index contributed by atoms with van der Waals surface area (Å²) < 4.78 is 17.0. The number of esters is 1. The molecule has 0 N–H and O–H groups in total. The normalized spacial score (nSPS) is 23.8. The molecule has 122 valence electrons. The van der Waals surface area contributed by atoms with Crippen molar-refractivity contribution >= 4 is 5.97 Å². The van der Waals surface area contributed by atoms with Crippen LogP contribution < -0.4 is 0 Å². The Bertz CT molecular complexity index is 373. The van der Waals surface area contributed by atoms with Gasteiger partial charge in [0, 0.05) is 38.0 Å². The van der Waals surface area contributed by atoms with Crippen molar-refractivity contribution in [2.24, 2.45) is 17.3 Å². The molecule has 0 fully saturated rings. The molecule has 1 aliphatic heterocycles. The average Bonchev–Trinajstić information content (AvgIpc) is 2.39. The molecule has 0 saturated heterocycles. The zero-order valence-corrected chi connectivity index (χ0v) is 14.4. The molecule has 0 aromatic carbocycles. The lowest BCUT2D eigenvalue weighted by atomic mass is 9.71. The van der Waals surface area contributed by atoms with E-state index in [2.05, 4.69) is 34.6 Å². The van der Waals surface area contributed by atoms with Crippen LogP contribution in [0.25, 0.3) is 0 Å². The van der Waals surface area contributed by atoms with E-state index in [0.717, 1.165) is 6.42 Å². The van der Waals surface area contributed by atoms with E-state index >= 15 is 0 Å². The summed E-state index contributed by atoms with van der Waals surface area (Å²) in [7, 11) is 3.46. The van der Waals surface area contributed by atoms with Gasteiger partial charge >= 0.3 is 5.97 Å². The van der Waals surface area contributed by atoms with E-state index in [1.165, 1.54) is 6.08 Å². The van der Waals surface area contributed by atoms with Gasteiger partial charge < -0.3 is 14.2 Å². The van der Waals surface area contributed by atoms with Gasteiger partial charge in [0.15, 0.2) is 0 Å². The van der Waals surface area contributed by atoms with E-state index < -0.39 is 0 Å². The van der Waals surface area contributed by atoms with Crippen molar-refractivity contribution in [3.8, 4) is 0 Å². The fraction of sp³-hybridized carbons (Fsp3) is 0.824. The topological polar surface area (TPSA) is 44.8 Å². The van der Waals surface area contributed by atoms with Crippen LogP contribution >= 0.6 is 0 Å². The van der Waals surface area contributed by atoms with E-state index in [-0.39, 0.29) is 35.6 Å². The van der Waals surface area contributed by atoms with Gasteiger partial charge in [-0.15, -0.1) is 0 Å². The van der Waals surface area contributed by atoms with Crippen LogP contribution in [0.4, 0.5) is 0 Å². The van der Waals surface area contributed by atoms with Crippen molar-refractivity contribution < 1.29 is 19.0 Å². The van der Waals surface area contributed by atoms with E-state index in [1.54, 1.807) is 14.2 Å². The second-order valence-corrected chi connectivity index (χ2v) is 6.84. The van der Waals surface area contributed by atoms with Gasteiger partial charge in [0.25, 0.3) is 0 Å². The zero-order valence-electron chi connectivity index (χ0n) is 14.4. The number of hydrogen-bond donors (Lipinski definition) is 0. The molecular weight excluding hydrogens is 268 g/mol. The first-order valence-corrected chi connectivity index (χ1v) is 7.68. The lowest BCUT2D eigenvalue weighted by Crippen LogP contribution is -2.50. The molecule has 0 spiro atoms.